The lowest BCUT2D eigenvalue weighted by molar-refractivity contribution is 0.224. The Bertz CT molecular complexity index is 434. The van der Waals surface area contributed by atoms with Crippen LogP contribution < -0.4 is 15.4 Å². The molecule has 0 atom stereocenters. The van der Waals surface area contributed by atoms with Gasteiger partial charge in [-0.2, -0.15) is 0 Å². The molecule has 0 saturated carbocycles. The van der Waals surface area contributed by atoms with E-state index in [0.29, 0.717) is 13.2 Å². The minimum atomic E-state index is -0.0973. The molecule has 0 bridgehead atoms. The summed E-state index contributed by atoms with van der Waals surface area (Å²) in [5, 5.41) is 6.14. The maximum absolute atomic E-state index is 11.7. The molecule has 5 heteroatoms. The number of fused-ring (bicyclic) bond motifs is 1. The van der Waals surface area contributed by atoms with Crippen LogP contribution in [0.25, 0.3) is 0 Å². The summed E-state index contributed by atoms with van der Waals surface area (Å²) in [7, 11) is 1.77. The first-order valence-corrected chi connectivity index (χ1v) is 6.19. The van der Waals surface area contributed by atoms with Crippen molar-refractivity contribution < 1.29 is 9.53 Å². The number of rotatable bonds is 2. The Kier molecular flexibility index (Phi) is 4.04. The highest BCUT2D eigenvalue weighted by Crippen LogP contribution is 2.24. The highest BCUT2D eigenvalue weighted by molar-refractivity contribution is 5.89. The van der Waals surface area contributed by atoms with Crippen molar-refractivity contribution in [1.29, 1.82) is 0 Å². The van der Waals surface area contributed by atoms with Crippen molar-refractivity contribution in [2.75, 3.05) is 32.1 Å². The maximum Gasteiger partial charge on any atom is 0.321 e. The van der Waals surface area contributed by atoms with Crippen molar-refractivity contribution in [3.05, 3.63) is 23.8 Å². The number of benzene rings is 1. The fraction of sp³-hybridized carbons (Fsp3) is 0.462. The van der Waals surface area contributed by atoms with E-state index in [1.54, 1.807) is 11.9 Å². The van der Waals surface area contributed by atoms with Crippen LogP contribution in [0, 0.1) is 0 Å². The maximum atomic E-state index is 11.7. The summed E-state index contributed by atoms with van der Waals surface area (Å²) >= 11 is 0. The zero-order valence-electron chi connectivity index (χ0n) is 10.8. The van der Waals surface area contributed by atoms with Crippen LogP contribution in [0.15, 0.2) is 18.2 Å². The molecule has 0 aliphatic carbocycles. The van der Waals surface area contributed by atoms with Crippen molar-refractivity contribution >= 4 is 11.7 Å². The number of anilines is 1. The summed E-state index contributed by atoms with van der Waals surface area (Å²) in [6.07, 6.45) is 0. The predicted molar refractivity (Wildman–Crippen MR) is 71.0 cm³/mol. The first kappa shape index (κ1) is 12.7. The second-order valence-electron chi connectivity index (χ2n) is 4.29. The van der Waals surface area contributed by atoms with E-state index in [0.717, 1.165) is 30.1 Å². The molecular weight excluding hydrogens is 230 g/mol. The number of nitrogens with zero attached hydrogens (tertiary/aromatic N) is 1. The van der Waals surface area contributed by atoms with Gasteiger partial charge in [0.05, 0.1) is 0 Å². The third kappa shape index (κ3) is 2.92. The Balaban J connectivity index is 2.11. The average molecular weight is 249 g/mol. The largest absolute Gasteiger partial charge is 0.492 e. The summed E-state index contributed by atoms with van der Waals surface area (Å²) in [6.45, 7) is 4.91. The van der Waals surface area contributed by atoms with Crippen molar-refractivity contribution in [3.63, 3.8) is 0 Å². The number of urea groups is 1. The highest BCUT2D eigenvalue weighted by Gasteiger charge is 2.11. The Labute approximate surface area is 107 Å². The molecule has 0 spiro atoms. The van der Waals surface area contributed by atoms with Gasteiger partial charge in [-0.3, -0.25) is 0 Å². The first-order chi connectivity index (χ1) is 8.70. The number of hydrogen-bond acceptors (Lipinski definition) is 3. The number of carbonyl (C=O) groups is 1. The molecule has 2 rings (SSSR count). The van der Waals surface area contributed by atoms with E-state index in [1.165, 1.54) is 0 Å². The van der Waals surface area contributed by atoms with Crippen molar-refractivity contribution in [1.82, 2.24) is 10.2 Å². The zero-order chi connectivity index (χ0) is 13.0. The Morgan fingerprint density at radius 3 is 3.17 bits per heavy atom. The Morgan fingerprint density at radius 1 is 1.56 bits per heavy atom. The third-order valence-electron chi connectivity index (χ3n) is 2.98. The summed E-state index contributed by atoms with van der Waals surface area (Å²) in [4.78, 5) is 13.4. The molecule has 2 N–H and O–H groups in total. The molecule has 0 aromatic heterocycles. The van der Waals surface area contributed by atoms with Crippen molar-refractivity contribution in [2.24, 2.45) is 0 Å². The number of amides is 2. The van der Waals surface area contributed by atoms with E-state index in [-0.39, 0.29) is 6.03 Å². The molecule has 0 radical (unpaired) electrons. The van der Waals surface area contributed by atoms with Gasteiger partial charge in [0, 0.05) is 37.9 Å². The van der Waals surface area contributed by atoms with E-state index in [9.17, 15) is 4.79 Å². The molecule has 0 unspecified atom stereocenters. The molecule has 18 heavy (non-hydrogen) atoms. The van der Waals surface area contributed by atoms with E-state index < -0.39 is 0 Å². The van der Waals surface area contributed by atoms with Gasteiger partial charge in [0.1, 0.15) is 12.4 Å². The molecule has 1 heterocycles. The van der Waals surface area contributed by atoms with E-state index >= 15 is 0 Å². The molecule has 1 aliphatic heterocycles. The highest BCUT2D eigenvalue weighted by atomic mass is 16.5. The molecule has 1 aromatic rings. The molecule has 1 aliphatic rings. The second kappa shape index (κ2) is 5.73. The normalized spacial score (nSPS) is 14.1. The lowest BCUT2D eigenvalue weighted by Crippen LogP contribution is -2.30. The van der Waals surface area contributed by atoms with Gasteiger partial charge < -0.3 is 20.3 Å². The molecule has 98 valence electrons. The van der Waals surface area contributed by atoms with Crippen LogP contribution in [0.3, 0.4) is 0 Å². The van der Waals surface area contributed by atoms with Crippen molar-refractivity contribution in [3.8, 4) is 5.75 Å². The fourth-order valence-electron chi connectivity index (χ4n) is 1.75. The Morgan fingerprint density at radius 2 is 2.39 bits per heavy atom. The van der Waals surface area contributed by atoms with Crippen molar-refractivity contribution in [2.45, 2.75) is 13.5 Å². The topological polar surface area (TPSA) is 53.6 Å². The molecule has 0 saturated heterocycles. The Hall–Kier alpha value is -1.75. The van der Waals surface area contributed by atoms with Gasteiger partial charge in [-0.1, -0.05) is 0 Å². The van der Waals surface area contributed by atoms with Gasteiger partial charge in [-0.15, -0.1) is 0 Å². The smallest absolute Gasteiger partial charge is 0.321 e. The van der Waals surface area contributed by atoms with Gasteiger partial charge in [0.15, 0.2) is 0 Å². The molecule has 2 amide bonds. The molecule has 0 fully saturated rings. The lowest BCUT2D eigenvalue weighted by Gasteiger charge is -2.16. The van der Waals surface area contributed by atoms with Crippen LogP contribution in [-0.2, 0) is 6.54 Å². The molecule has 5 nitrogen and oxygen atoms in total. The fourth-order valence-corrected chi connectivity index (χ4v) is 1.75. The van der Waals surface area contributed by atoms with Crippen LogP contribution in [0.5, 0.6) is 5.75 Å². The van der Waals surface area contributed by atoms with E-state index in [4.69, 9.17) is 4.74 Å². The van der Waals surface area contributed by atoms with Crippen LogP contribution >= 0.6 is 0 Å². The lowest BCUT2D eigenvalue weighted by atomic mass is 10.1. The van der Waals surface area contributed by atoms with Gasteiger partial charge in [0.25, 0.3) is 0 Å². The molecule has 1 aromatic carbocycles. The second-order valence-corrected chi connectivity index (χ2v) is 4.29. The van der Waals surface area contributed by atoms with Crippen LogP contribution in [-0.4, -0.2) is 37.7 Å². The van der Waals surface area contributed by atoms with Crippen LogP contribution in [0.1, 0.15) is 12.5 Å². The van der Waals surface area contributed by atoms with E-state index in [1.807, 2.05) is 25.1 Å². The van der Waals surface area contributed by atoms with E-state index in [2.05, 4.69) is 10.6 Å². The average Bonchev–Trinajstić information content (AvgIpc) is 2.62. The van der Waals surface area contributed by atoms with Gasteiger partial charge in [-0.25, -0.2) is 4.79 Å². The quantitative estimate of drug-likeness (QED) is 0.838. The van der Waals surface area contributed by atoms with Crippen LogP contribution in [0.4, 0.5) is 10.5 Å². The zero-order valence-corrected chi connectivity index (χ0v) is 10.8. The molecular formula is C13H19N3O2. The summed E-state index contributed by atoms with van der Waals surface area (Å²) in [6, 6.07) is 5.63. The minimum absolute atomic E-state index is 0.0973. The first-order valence-electron chi connectivity index (χ1n) is 6.19. The number of nitrogens with one attached hydrogen (secondary N) is 2. The minimum Gasteiger partial charge on any atom is -0.492 e. The number of hydrogen-bond donors (Lipinski definition) is 2. The predicted octanol–water partition coefficient (Wildman–Crippen LogP) is 1.65. The number of carbonyl (C=O) groups excluding carboxylic acids is 1. The van der Waals surface area contributed by atoms with Gasteiger partial charge in [-0.05, 0) is 25.1 Å². The summed E-state index contributed by atoms with van der Waals surface area (Å²) < 4.78 is 5.59. The number of ether oxygens (including phenoxy) is 1. The standard InChI is InChI=1S/C13H19N3O2/c1-3-16(2)13(17)15-11-4-5-12-10(8-11)9-14-6-7-18-12/h4-5,8,14H,3,6-7,9H2,1-2H3,(H,15,17). The summed E-state index contributed by atoms with van der Waals surface area (Å²) in [5.74, 6) is 0.891. The van der Waals surface area contributed by atoms with Gasteiger partial charge in [0.2, 0.25) is 0 Å². The summed E-state index contributed by atoms with van der Waals surface area (Å²) in [5.41, 5.74) is 1.87. The third-order valence-corrected chi connectivity index (χ3v) is 2.98. The monoisotopic (exact) mass is 249 g/mol. The SMILES string of the molecule is CCN(C)C(=O)Nc1ccc2c(c1)CNCCO2. The van der Waals surface area contributed by atoms with Gasteiger partial charge >= 0.3 is 6.03 Å². The van der Waals surface area contributed by atoms with Crippen LogP contribution in [0.2, 0.25) is 0 Å².